The SMILES string of the molecule is Cc1cccc(OCNC(=O)N(C)C2CCN(C)CC2)c1C. The number of piperidine rings is 1. The average Bonchev–Trinajstić information content (AvgIpc) is 2.51. The molecule has 1 aliphatic rings. The topological polar surface area (TPSA) is 44.8 Å². The number of benzene rings is 1. The summed E-state index contributed by atoms with van der Waals surface area (Å²) in [6.07, 6.45) is 2.05. The molecule has 0 spiro atoms. The number of carbonyl (C=O) groups excluding carboxylic acids is 1. The largest absolute Gasteiger partial charge is 0.473 e. The summed E-state index contributed by atoms with van der Waals surface area (Å²) in [6, 6.07) is 6.19. The highest BCUT2D eigenvalue weighted by atomic mass is 16.5. The van der Waals surface area contributed by atoms with Crippen molar-refractivity contribution in [3.63, 3.8) is 0 Å². The maximum Gasteiger partial charge on any atom is 0.319 e. The molecule has 5 heteroatoms. The third kappa shape index (κ3) is 4.13. The van der Waals surface area contributed by atoms with Crippen molar-refractivity contribution in [2.45, 2.75) is 32.7 Å². The minimum atomic E-state index is -0.0696. The summed E-state index contributed by atoms with van der Waals surface area (Å²) in [5, 5.41) is 2.84. The number of amides is 2. The Hall–Kier alpha value is -1.75. The van der Waals surface area contributed by atoms with Gasteiger partial charge in [-0.3, -0.25) is 0 Å². The molecule has 0 unspecified atom stereocenters. The van der Waals surface area contributed by atoms with Gasteiger partial charge in [0.05, 0.1) is 0 Å². The lowest BCUT2D eigenvalue weighted by Crippen LogP contribution is -2.48. The summed E-state index contributed by atoms with van der Waals surface area (Å²) in [6.45, 7) is 6.36. The minimum Gasteiger partial charge on any atom is -0.473 e. The van der Waals surface area contributed by atoms with E-state index in [9.17, 15) is 4.79 Å². The summed E-state index contributed by atoms with van der Waals surface area (Å²) in [4.78, 5) is 16.3. The van der Waals surface area contributed by atoms with Crippen molar-refractivity contribution < 1.29 is 9.53 Å². The van der Waals surface area contributed by atoms with Gasteiger partial charge in [0, 0.05) is 13.1 Å². The van der Waals surface area contributed by atoms with Gasteiger partial charge in [-0.1, -0.05) is 12.1 Å². The van der Waals surface area contributed by atoms with Crippen LogP contribution in [-0.4, -0.2) is 55.8 Å². The Morgan fingerprint density at radius 1 is 1.36 bits per heavy atom. The zero-order valence-electron chi connectivity index (χ0n) is 14.1. The Morgan fingerprint density at radius 3 is 2.73 bits per heavy atom. The predicted octanol–water partition coefficient (Wildman–Crippen LogP) is 2.38. The van der Waals surface area contributed by atoms with Gasteiger partial charge >= 0.3 is 6.03 Å². The van der Waals surface area contributed by atoms with Crippen LogP contribution >= 0.6 is 0 Å². The van der Waals surface area contributed by atoms with Crippen LogP contribution < -0.4 is 10.1 Å². The van der Waals surface area contributed by atoms with E-state index in [1.54, 1.807) is 4.90 Å². The first kappa shape index (κ1) is 16.6. The second-order valence-electron chi connectivity index (χ2n) is 6.11. The van der Waals surface area contributed by atoms with E-state index in [4.69, 9.17) is 4.74 Å². The van der Waals surface area contributed by atoms with Crippen molar-refractivity contribution in [2.75, 3.05) is 33.9 Å². The molecule has 0 radical (unpaired) electrons. The minimum absolute atomic E-state index is 0.0696. The van der Waals surface area contributed by atoms with Crippen LogP contribution in [0.5, 0.6) is 5.75 Å². The number of carbonyl (C=O) groups is 1. The maximum atomic E-state index is 12.2. The van der Waals surface area contributed by atoms with Crippen molar-refractivity contribution in [1.29, 1.82) is 0 Å². The second-order valence-corrected chi connectivity index (χ2v) is 6.11. The van der Waals surface area contributed by atoms with Crippen LogP contribution in [0.4, 0.5) is 4.79 Å². The molecule has 1 aromatic carbocycles. The van der Waals surface area contributed by atoms with Gasteiger partial charge in [0.25, 0.3) is 0 Å². The molecular weight excluding hydrogens is 278 g/mol. The van der Waals surface area contributed by atoms with E-state index in [0.717, 1.165) is 37.2 Å². The van der Waals surface area contributed by atoms with Crippen molar-refractivity contribution in [3.8, 4) is 5.75 Å². The lowest BCUT2D eigenvalue weighted by molar-refractivity contribution is 0.141. The van der Waals surface area contributed by atoms with Crippen LogP contribution in [0.25, 0.3) is 0 Å². The normalized spacial score (nSPS) is 16.4. The summed E-state index contributed by atoms with van der Waals surface area (Å²) in [5.74, 6) is 0.822. The molecule has 0 aromatic heterocycles. The first-order chi connectivity index (χ1) is 10.5. The molecule has 1 fully saturated rings. The van der Waals surface area contributed by atoms with E-state index < -0.39 is 0 Å². The number of aryl methyl sites for hydroxylation is 1. The number of nitrogens with zero attached hydrogens (tertiary/aromatic N) is 2. The fourth-order valence-electron chi connectivity index (χ4n) is 2.73. The highest BCUT2D eigenvalue weighted by Gasteiger charge is 2.23. The van der Waals surface area contributed by atoms with Gasteiger partial charge in [-0.15, -0.1) is 0 Å². The Bertz CT molecular complexity index is 511. The number of nitrogens with one attached hydrogen (secondary N) is 1. The van der Waals surface area contributed by atoms with Crippen molar-refractivity contribution in [2.24, 2.45) is 0 Å². The average molecular weight is 305 g/mol. The molecule has 2 rings (SSSR count). The van der Waals surface area contributed by atoms with Gasteiger partial charge in [-0.2, -0.15) is 0 Å². The van der Waals surface area contributed by atoms with Gasteiger partial charge in [-0.25, -0.2) is 4.79 Å². The van der Waals surface area contributed by atoms with Crippen LogP contribution in [0.1, 0.15) is 24.0 Å². The number of hydrogen-bond donors (Lipinski definition) is 1. The van der Waals surface area contributed by atoms with E-state index in [2.05, 4.69) is 30.3 Å². The molecule has 5 nitrogen and oxygen atoms in total. The van der Waals surface area contributed by atoms with Crippen LogP contribution in [0.2, 0.25) is 0 Å². The van der Waals surface area contributed by atoms with Crippen LogP contribution in [0, 0.1) is 13.8 Å². The van der Waals surface area contributed by atoms with Gasteiger partial charge < -0.3 is 19.9 Å². The molecule has 22 heavy (non-hydrogen) atoms. The molecule has 0 bridgehead atoms. The molecule has 1 N–H and O–H groups in total. The van der Waals surface area contributed by atoms with E-state index >= 15 is 0 Å². The number of urea groups is 1. The molecular formula is C17H27N3O2. The molecule has 0 aliphatic carbocycles. The monoisotopic (exact) mass is 305 g/mol. The number of likely N-dealkylation sites (tertiary alicyclic amines) is 1. The zero-order valence-corrected chi connectivity index (χ0v) is 14.1. The Balaban J connectivity index is 1.79. The van der Waals surface area contributed by atoms with Gasteiger partial charge in [-0.05, 0) is 64.0 Å². The number of rotatable bonds is 4. The van der Waals surface area contributed by atoms with Gasteiger partial charge in [0.15, 0.2) is 6.73 Å². The molecule has 1 aromatic rings. The van der Waals surface area contributed by atoms with E-state index in [0.29, 0.717) is 6.04 Å². The lowest BCUT2D eigenvalue weighted by Gasteiger charge is -2.35. The predicted molar refractivity (Wildman–Crippen MR) is 88.2 cm³/mol. The Labute approximate surface area is 133 Å². The summed E-state index contributed by atoms with van der Waals surface area (Å²) in [7, 11) is 3.98. The molecule has 1 saturated heterocycles. The Morgan fingerprint density at radius 2 is 2.05 bits per heavy atom. The van der Waals surface area contributed by atoms with Crippen LogP contribution in [-0.2, 0) is 0 Å². The molecule has 1 heterocycles. The third-order valence-corrected chi connectivity index (χ3v) is 4.56. The first-order valence-electron chi connectivity index (χ1n) is 7.87. The van der Waals surface area contributed by atoms with Crippen molar-refractivity contribution in [3.05, 3.63) is 29.3 Å². The molecule has 0 atom stereocenters. The Kier molecular flexibility index (Phi) is 5.66. The number of ether oxygens (including phenoxy) is 1. The number of hydrogen-bond acceptors (Lipinski definition) is 3. The summed E-state index contributed by atoms with van der Waals surface area (Å²) in [5.41, 5.74) is 2.30. The lowest BCUT2D eigenvalue weighted by atomic mass is 10.0. The fourth-order valence-corrected chi connectivity index (χ4v) is 2.73. The van der Waals surface area contributed by atoms with E-state index in [1.165, 1.54) is 5.56 Å². The van der Waals surface area contributed by atoms with Crippen molar-refractivity contribution >= 4 is 6.03 Å². The molecule has 0 saturated carbocycles. The third-order valence-electron chi connectivity index (χ3n) is 4.56. The van der Waals surface area contributed by atoms with Crippen LogP contribution in [0.15, 0.2) is 18.2 Å². The molecule has 2 amide bonds. The second kappa shape index (κ2) is 7.49. The quantitative estimate of drug-likeness (QED) is 0.869. The van der Waals surface area contributed by atoms with Gasteiger partial charge in [0.1, 0.15) is 5.75 Å². The van der Waals surface area contributed by atoms with Crippen LogP contribution in [0.3, 0.4) is 0 Å². The summed E-state index contributed by atoms with van der Waals surface area (Å²) >= 11 is 0. The molecule has 122 valence electrons. The van der Waals surface area contributed by atoms with E-state index in [1.807, 2.05) is 26.1 Å². The highest BCUT2D eigenvalue weighted by Crippen LogP contribution is 2.20. The molecule has 1 aliphatic heterocycles. The zero-order chi connectivity index (χ0) is 16.1. The van der Waals surface area contributed by atoms with E-state index in [-0.39, 0.29) is 12.8 Å². The smallest absolute Gasteiger partial charge is 0.319 e. The van der Waals surface area contributed by atoms with Crippen molar-refractivity contribution in [1.82, 2.24) is 15.1 Å². The maximum absolute atomic E-state index is 12.2. The fraction of sp³-hybridized carbons (Fsp3) is 0.588. The standard InChI is InChI=1S/C17H27N3O2/c1-13-6-5-7-16(14(13)2)22-12-18-17(21)20(4)15-8-10-19(3)11-9-15/h5-7,15H,8-12H2,1-4H3,(H,18,21). The first-order valence-corrected chi connectivity index (χ1v) is 7.87. The highest BCUT2D eigenvalue weighted by molar-refractivity contribution is 5.74. The summed E-state index contributed by atoms with van der Waals surface area (Å²) < 4.78 is 5.68. The van der Waals surface area contributed by atoms with Gasteiger partial charge in [0.2, 0.25) is 0 Å².